The summed E-state index contributed by atoms with van der Waals surface area (Å²) in [4.78, 5) is 0. The second-order valence-corrected chi connectivity index (χ2v) is 5.05. The molecule has 2 aromatic carbocycles. The molecule has 4 rings (SSSR count). The highest BCUT2D eigenvalue weighted by Crippen LogP contribution is 2.35. The van der Waals surface area contributed by atoms with Crippen LogP contribution in [0.1, 0.15) is 5.56 Å². The average Bonchev–Trinajstić information content (AvgIpc) is 2.95. The van der Waals surface area contributed by atoms with Gasteiger partial charge in [-0.25, -0.2) is 8.91 Å². The van der Waals surface area contributed by atoms with Crippen molar-refractivity contribution in [2.75, 3.05) is 0 Å². The molecule has 2 nitrogen and oxygen atoms in total. The number of benzene rings is 2. The van der Waals surface area contributed by atoms with Crippen molar-refractivity contribution < 1.29 is 17.6 Å². The van der Waals surface area contributed by atoms with Gasteiger partial charge in [-0.2, -0.15) is 18.3 Å². The van der Waals surface area contributed by atoms with Crippen LogP contribution in [0, 0.1) is 5.82 Å². The number of fused-ring (bicyclic) bond motifs is 6. The van der Waals surface area contributed by atoms with E-state index in [0.29, 0.717) is 21.7 Å². The fraction of sp³-hybridized carbons (Fsp3) is 0.0625. The summed E-state index contributed by atoms with van der Waals surface area (Å²) in [5.41, 5.74) is 0.463. The number of hydrogen-bond donors (Lipinski definition) is 0. The van der Waals surface area contributed by atoms with Crippen molar-refractivity contribution in [3.63, 3.8) is 0 Å². The Balaban J connectivity index is 2.27. The molecule has 0 aliphatic carbocycles. The molecule has 2 heterocycles. The second-order valence-electron chi connectivity index (χ2n) is 5.05. The first-order valence-corrected chi connectivity index (χ1v) is 6.51. The van der Waals surface area contributed by atoms with E-state index in [-0.39, 0.29) is 0 Å². The molecule has 0 spiro atoms. The molecule has 4 aromatic rings. The normalized spacial score (nSPS) is 12.5. The van der Waals surface area contributed by atoms with Crippen molar-refractivity contribution in [1.82, 2.24) is 9.61 Å². The first kappa shape index (κ1) is 13.1. The number of aromatic nitrogens is 2. The zero-order chi connectivity index (χ0) is 15.5. The number of halogens is 4. The van der Waals surface area contributed by atoms with Gasteiger partial charge >= 0.3 is 6.18 Å². The van der Waals surface area contributed by atoms with E-state index in [9.17, 15) is 17.6 Å². The summed E-state index contributed by atoms with van der Waals surface area (Å²) in [6.07, 6.45) is -2.89. The van der Waals surface area contributed by atoms with Crippen LogP contribution in [0.15, 0.2) is 48.7 Å². The molecule has 110 valence electrons. The van der Waals surface area contributed by atoms with Crippen LogP contribution in [0.25, 0.3) is 27.2 Å². The molecular weight excluding hydrogens is 296 g/mol. The van der Waals surface area contributed by atoms with Crippen molar-refractivity contribution in [3.05, 3.63) is 60.0 Å². The number of pyridine rings is 1. The van der Waals surface area contributed by atoms with Gasteiger partial charge in [0, 0.05) is 10.8 Å². The zero-order valence-corrected chi connectivity index (χ0v) is 11.0. The number of hydrogen-bond acceptors (Lipinski definition) is 1. The molecule has 0 saturated heterocycles. The van der Waals surface area contributed by atoms with Crippen molar-refractivity contribution in [3.8, 4) is 0 Å². The van der Waals surface area contributed by atoms with Crippen LogP contribution in [0.3, 0.4) is 0 Å². The monoisotopic (exact) mass is 304 g/mol. The van der Waals surface area contributed by atoms with Crippen LogP contribution in [-0.4, -0.2) is 9.61 Å². The van der Waals surface area contributed by atoms with Crippen LogP contribution >= 0.6 is 0 Å². The Labute approximate surface area is 121 Å². The molecule has 0 aliphatic heterocycles. The standard InChI is InChI=1S/C16H8F4N2/c17-10-2-3-11-12(8-10)13-7-9(16(18,19)20)1-4-14(13)22-15(11)5-6-21-22/h1-8H. The van der Waals surface area contributed by atoms with E-state index < -0.39 is 17.6 Å². The maximum absolute atomic E-state index is 13.6. The average molecular weight is 304 g/mol. The van der Waals surface area contributed by atoms with E-state index in [1.54, 1.807) is 22.8 Å². The van der Waals surface area contributed by atoms with Crippen molar-refractivity contribution in [2.45, 2.75) is 6.18 Å². The maximum Gasteiger partial charge on any atom is 0.416 e. The first-order chi connectivity index (χ1) is 10.4. The summed E-state index contributed by atoms with van der Waals surface area (Å²) in [6, 6.07) is 9.26. The molecular formula is C16H8F4N2. The van der Waals surface area contributed by atoms with Gasteiger partial charge < -0.3 is 0 Å². The number of rotatable bonds is 0. The third-order valence-electron chi connectivity index (χ3n) is 3.74. The lowest BCUT2D eigenvalue weighted by Gasteiger charge is -2.11. The molecule has 0 N–H and O–H groups in total. The Bertz CT molecular complexity index is 1030. The Morgan fingerprint density at radius 1 is 0.818 bits per heavy atom. The quantitative estimate of drug-likeness (QED) is 0.337. The summed E-state index contributed by atoms with van der Waals surface area (Å²) in [5, 5.41) is 5.57. The molecule has 0 atom stereocenters. The maximum atomic E-state index is 13.6. The summed E-state index contributed by atoms with van der Waals surface area (Å²) in [6.45, 7) is 0. The molecule has 22 heavy (non-hydrogen) atoms. The number of alkyl halides is 3. The molecule has 2 aromatic heterocycles. The minimum absolute atomic E-state index is 0.320. The molecule has 0 unspecified atom stereocenters. The van der Waals surface area contributed by atoms with Crippen LogP contribution in [0.5, 0.6) is 0 Å². The third-order valence-corrected chi connectivity index (χ3v) is 3.74. The second kappa shape index (κ2) is 4.19. The SMILES string of the molecule is Fc1ccc2c(c1)c1cc(C(F)(F)F)ccc1n1nccc21. The van der Waals surface area contributed by atoms with Gasteiger partial charge in [0.05, 0.1) is 22.8 Å². The fourth-order valence-corrected chi connectivity index (χ4v) is 2.77. The zero-order valence-electron chi connectivity index (χ0n) is 11.0. The molecule has 6 heteroatoms. The van der Waals surface area contributed by atoms with Gasteiger partial charge in [-0.05, 0) is 47.9 Å². The molecule has 0 saturated carbocycles. The Kier molecular flexibility index (Phi) is 2.49. The highest BCUT2D eigenvalue weighted by Gasteiger charge is 2.30. The van der Waals surface area contributed by atoms with Gasteiger partial charge in [0.25, 0.3) is 0 Å². The van der Waals surface area contributed by atoms with E-state index in [4.69, 9.17) is 0 Å². The van der Waals surface area contributed by atoms with Gasteiger partial charge in [0.1, 0.15) is 5.82 Å². The first-order valence-electron chi connectivity index (χ1n) is 6.51. The van der Waals surface area contributed by atoms with Crippen LogP contribution in [0.4, 0.5) is 17.6 Å². The van der Waals surface area contributed by atoms with Crippen molar-refractivity contribution in [2.24, 2.45) is 0 Å². The summed E-state index contributed by atoms with van der Waals surface area (Å²) >= 11 is 0. The van der Waals surface area contributed by atoms with Gasteiger partial charge in [-0.3, -0.25) is 0 Å². The van der Waals surface area contributed by atoms with E-state index >= 15 is 0 Å². The molecule has 0 fully saturated rings. The largest absolute Gasteiger partial charge is 0.416 e. The minimum atomic E-state index is -4.45. The van der Waals surface area contributed by atoms with Crippen LogP contribution in [-0.2, 0) is 6.18 Å². The van der Waals surface area contributed by atoms with E-state index in [1.165, 1.54) is 18.2 Å². The third kappa shape index (κ3) is 1.76. The van der Waals surface area contributed by atoms with E-state index in [1.807, 2.05) is 0 Å². The Hall–Kier alpha value is -2.63. The van der Waals surface area contributed by atoms with Gasteiger partial charge in [0.15, 0.2) is 0 Å². The lowest BCUT2D eigenvalue weighted by Crippen LogP contribution is -2.05. The van der Waals surface area contributed by atoms with Crippen LogP contribution < -0.4 is 0 Å². The van der Waals surface area contributed by atoms with Crippen LogP contribution in [0.2, 0.25) is 0 Å². The van der Waals surface area contributed by atoms with Gasteiger partial charge in [-0.1, -0.05) is 0 Å². The number of nitrogens with zero attached hydrogens (tertiary/aromatic N) is 2. The highest BCUT2D eigenvalue weighted by atomic mass is 19.4. The predicted molar refractivity (Wildman–Crippen MR) is 75.2 cm³/mol. The lowest BCUT2D eigenvalue weighted by molar-refractivity contribution is -0.137. The van der Waals surface area contributed by atoms with Gasteiger partial charge in [0.2, 0.25) is 0 Å². The minimum Gasteiger partial charge on any atom is -0.232 e. The Morgan fingerprint density at radius 2 is 1.59 bits per heavy atom. The summed E-state index contributed by atoms with van der Waals surface area (Å²) in [5.74, 6) is -0.491. The van der Waals surface area contributed by atoms with Crippen molar-refractivity contribution in [1.29, 1.82) is 0 Å². The fourth-order valence-electron chi connectivity index (χ4n) is 2.77. The van der Waals surface area contributed by atoms with E-state index in [2.05, 4.69) is 5.10 Å². The lowest BCUT2D eigenvalue weighted by atomic mass is 10.0. The Morgan fingerprint density at radius 3 is 2.36 bits per heavy atom. The topological polar surface area (TPSA) is 17.3 Å². The highest BCUT2D eigenvalue weighted by molar-refractivity contribution is 6.12. The summed E-state index contributed by atoms with van der Waals surface area (Å²) < 4.78 is 54.0. The van der Waals surface area contributed by atoms with E-state index in [0.717, 1.165) is 17.6 Å². The van der Waals surface area contributed by atoms with Crippen molar-refractivity contribution >= 4 is 27.2 Å². The molecule has 0 radical (unpaired) electrons. The molecule has 0 amide bonds. The predicted octanol–water partition coefficient (Wildman–Crippen LogP) is 4.80. The smallest absolute Gasteiger partial charge is 0.232 e. The van der Waals surface area contributed by atoms with Gasteiger partial charge in [-0.15, -0.1) is 0 Å². The molecule has 0 aliphatic rings. The molecule has 0 bridgehead atoms. The summed E-state index contributed by atoms with van der Waals surface area (Å²) in [7, 11) is 0.